The Morgan fingerprint density at radius 1 is 1.17 bits per heavy atom. The average Bonchev–Trinajstić information content (AvgIpc) is 2.68. The summed E-state index contributed by atoms with van der Waals surface area (Å²) in [6.45, 7) is 3.86. The normalized spacial score (nSPS) is 12.0. The van der Waals surface area contributed by atoms with Gasteiger partial charge in [-0.3, -0.25) is 14.6 Å². The highest BCUT2D eigenvalue weighted by Gasteiger charge is 2.17. The van der Waals surface area contributed by atoms with E-state index < -0.39 is 17.1 Å². The zero-order valence-corrected chi connectivity index (χ0v) is 16.8. The van der Waals surface area contributed by atoms with Crippen molar-refractivity contribution in [1.29, 1.82) is 0 Å². The van der Waals surface area contributed by atoms with Crippen LogP contribution in [0.4, 0.5) is 5.82 Å². The molecule has 0 saturated carbocycles. The number of H-pyrrole nitrogens is 2. The zero-order chi connectivity index (χ0) is 21.3. The van der Waals surface area contributed by atoms with E-state index in [-0.39, 0.29) is 38.8 Å². The first-order valence-electron chi connectivity index (χ1n) is 8.47. The molecule has 3 aromatic rings. The van der Waals surface area contributed by atoms with E-state index in [4.69, 9.17) is 33.7 Å². The van der Waals surface area contributed by atoms with Gasteiger partial charge in [-0.1, -0.05) is 37.0 Å². The number of aromatic amines is 2. The molecule has 0 fully saturated rings. The average molecular weight is 439 g/mol. The molecule has 12 heteroatoms. The number of nitrogens with zero attached hydrogens (tertiary/aromatic N) is 3. The lowest BCUT2D eigenvalue weighted by Gasteiger charge is -2.13. The van der Waals surface area contributed by atoms with Crippen molar-refractivity contribution in [2.45, 2.75) is 26.2 Å². The molecule has 4 N–H and O–H groups in total. The van der Waals surface area contributed by atoms with Crippen LogP contribution in [0, 0.1) is 0 Å². The summed E-state index contributed by atoms with van der Waals surface area (Å²) in [5.41, 5.74) is 4.21. The smallest absolute Gasteiger partial charge is 0.349 e. The Kier molecular flexibility index (Phi) is 5.76. The number of ether oxygens (including phenoxy) is 1. The van der Waals surface area contributed by atoms with Crippen molar-refractivity contribution in [1.82, 2.24) is 25.0 Å². The van der Waals surface area contributed by atoms with E-state index in [0.29, 0.717) is 5.56 Å². The Balaban J connectivity index is 2.02. The maximum absolute atomic E-state index is 12.0. The molecule has 0 aliphatic rings. The summed E-state index contributed by atoms with van der Waals surface area (Å²) in [6, 6.07) is 4.23. The van der Waals surface area contributed by atoms with Crippen LogP contribution < -0.4 is 27.3 Å². The van der Waals surface area contributed by atoms with Gasteiger partial charge in [-0.2, -0.15) is 4.68 Å². The predicted molar refractivity (Wildman–Crippen MR) is 109 cm³/mol. The lowest BCUT2D eigenvalue weighted by Crippen LogP contribution is -2.33. The fourth-order valence-electron chi connectivity index (χ4n) is 2.50. The summed E-state index contributed by atoms with van der Waals surface area (Å²) < 4.78 is 6.50. The molecular weight excluding hydrogens is 423 g/mol. The van der Waals surface area contributed by atoms with Crippen LogP contribution in [0.1, 0.15) is 31.7 Å². The number of anilines is 1. The van der Waals surface area contributed by atoms with Crippen LogP contribution in [-0.2, 0) is 0 Å². The van der Waals surface area contributed by atoms with Gasteiger partial charge in [0.1, 0.15) is 0 Å². The fourth-order valence-corrected chi connectivity index (χ4v) is 3.05. The highest BCUT2D eigenvalue weighted by Crippen LogP contribution is 2.37. The Hall–Kier alpha value is -3.11. The van der Waals surface area contributed by atoms with Gasteiger partial charge >= 0.3 is 5.69 Å². The number of halogens is 2. The minimum atomic E-state index is -0.814. The first-order chi connectivity index (χ1) is 13.7. The summed E-state index contributed by atoms with van der Waals surface area (Å²) >= 11 is 12.5. The van der Waals surface area contributed by atoms with Gasteiger partial charge in [-0.05, 0) is 24.5 Å². The molecule has 0 radical (unpaired) electrons. The molecule has 0 aliphatic carbocycles. The number of aromatic nitrogens is 5. The molecule has 0 spiro atoms. The van der Waals surface area contributed by atoms with Gasteiger partial charge in [-0.25, -0.2) is 9.89 Å². The third-order valence-electron chi connectivity index (χ3n) is 4.24. The molecule has 0 bridgehead atoms. The van der Waals surface area contributed by atoms with Crippen molar-refractivity contribution in [2.75, 3.05) is 5.73 Å². The molecule has 2 aromatic heterocycles. The van der Waals surface area contributed by atoms with Crippen LogP contribution >= 0.6 is 23.2 Å². The molecule has 1 unspecified atom stereocenters. The minimum absolute atomic E-state index is 0.000986. The molecule has 0 saturated heterocycles. The fraction of sp³-hybridized carbons (Fsp3) is 0.235. The van der Waals surface area contributed by atoms with Gasteiger partial charge in [0.05, 0.1) is 15.7 Å². The molecule has 10 nitrogen and oxygen atoms in total. The van der Waals surface area contributed by atoms with Gasteiger partial charge in [0.15, 0.2) is 5.75 Å². The summed E-state index contributed by atoms with van der Waals surface area (Å²) in [4.78, 5) is 37.3. The summed E-state index contributed by atoms with van der Waals surface area (Å²) in [5.74, 6) is -0.231. The van der Waals surface area contributed by atoms with Crippen molar-refractivity contribution in [2.24, 2.45) is 0 Å². The SMILES string of the molecule is CCC(C)c1cc(Oc2c(Cl)cc(-n3nc(N)c(=O)[nH]c3=O)cc2Cl)n[nH]c1=O. The van der Waals surface area contributed by atoms with Crippen LogP contribution in [0.15, 0.2) is 32.6 Å². The maximum atomic E-state index is 12.0. The molecule has 1 atom stereocenters. The predicted octanol–water partition coefficient (Wildman–Crippen LogP) is 2.20. The molecule has 152 valence electrons. The van der Waals surface area contributed by atoms with Crippen LogP contribution in [0.25, 0.3) is 5.69 Å². The second-order valence-electron chi connectivity index (χ2n) is 6.20. The van der Waals surface area contributed by atoms with Gasteiger partial charge in [0.25, 0.3) is 11.1 Å². The number of nitrogen functional groups attached to an aromatic ring is 1. The lowest BCUT2D eigenvalue weighted by atomic mass is 10.0. The molecule has 0 amide bonds. The van der Waals surface area contributed by atoms with Crippen LogP contribution in [-0.4, -0.2) is 25.0 Å². The Labute approximate surface area is 173 Å². The number of hydrogen-bond donors (Lipinski definition) is 3. The van der Waals surface area contributed by atoms with E-state index in [0.717, 1.165) is 11.1 Å². The lowest BCUT2D eigenvalue weighted by molar-refractivity contribution is 0.452. The second kappa shape index (κ2) is 8.10. The van der Waals surface area contributed by atoms with Gasteiger partial charge in [-0.15, -0.1) is 10.2 Å². The highest BCUT2D eigenvalue weighted by atomic mass is 35.5. The van der Waals surface area contributed by atoms with E-state index in [1.54, 1.807) is 0 Å². The third-order valence-corrected chi connectivity index (χ3v) is 4.80. The molecule has 1 aromatic carbocycles. The number of rotatable bonds is 5. The zero-order valence-electron chi connectivity index (χ0n) is 15.3. The van der Waals surface area contributed by atoms with Crippen molar-refractivity contribution in [3.63, 3.8) is 0 Å². The molecular formula is C17H16Cl2N6O4. The minimum Gasteiger partial charge on any atom is -0.434 e. The van der Waals surface area contributed by atoms with E-state index in [1.165, 1.54) is 18.2 Å². The van der Waals surface area contributed by atoms with Gasteiger partial charge in [0.2, 0.25) is 11.7 Å². The number of nitrogens with one attached hydrogen (secondary N) is 2. The van der Waals surface area contributed by atoms with Gasteiger partial charge in [0, 0.05) is 11.6 Å². The Morgan fingerprint density at radius 2 is 1.83 bits per heavy atom. The Bertz CT molecular complexity index is 1230. The molecule has 29 heavy (non-hydrogen) atoms. The van der Waals surface area contributed by atoms with E-state index in [9.17, 15) is 14.4 Å². The second-order valence-corrected chi connectivity index (χ2v) is 7.01. The number of nitrogens with two attached hydrogens (primary N) is 1. The van der Waals surface area contributed by atoms with Crippen LogP contribution in [0.5, 0.6) is 11.6 Å². The molecule has 0 aliphatic heterocycles. The van der Waals surface area contributed by atoms with Crippen molar-refractivity contribution in [3.8, 4) is 17.3 Å². The first kappa shape index (κ1) is 20.6. The quantitative estimate of drug-likeness (QED) is 0.552. The molecule has 2 heterocycles. The van der Waals surface area contributed by atoms with Crippen molar-refractivity contribution in [3.05, 3.63) is 65.0 Å². The largest absolute Gasteiger partial charge is 0.434 e. The van der Waals surface area contributed by atoms with E-state index in [2.05, 4.69) is 15.3 Å². The first-order valence-corrected chi connectivity index (χ1v) is 9.22. The summed E-state index contributed by atoms with van der Waals surface area (Å²) in [5, 5.41) is 10.0. The van der Waals surface area contributed by atoms with Crippen LogP contribution in [0.3, 0.4) is 0 Å². The van der Waals surface area contributed by atoms with Crippen molar-refractivity contribution < 1.29 is 4.74 Å². The third kappa shape index (κ3) is 4.17. The van der Waals surface area contributed by atoms with Crippen LogP contribution in [0.2, 0.25) is 10.0 Å². The number of hydrogen-bond acceptors (Lipinski definition) is 7. The topological polar surface area (TPSA) is 149 Å². The monoisotopic (exact) mass is 438 g/mol. The van der Waals surface area contributed by atoms with E-state index >= 15 is 0 Å². The van der Waals surface area contributed by atoms with E-state index in [1.807, 2.05) is 18.8 Å². The van der Waals surface area contributed by atoms with Crippen molar-refractivity contribution >= 4 is 29.0 Å². The highest BCUT2D eigenvalue weighted by molar-refractivity contribution is 6.37. The summed E-state index contributed by atoms with van der Waals surface area (Å²) in [7, 11) is 0. The molecule has 3 rings (SSSR count). The standard InChI is InChI=1S/C17H16Cl2N6O4/c1-3-7(2)9-6-12(22-23-15(9)26)29-13-10(18)4-8(5-11(13)19)25-17(28)21-16(27)14(20)24-25/h4-7H,3H2,1-2H3,(H2,20,24)(H,23,26)(H,21,27,28). The van der Waals surface area contributed by atoms with Gasteiger partial charge < -0.3 is 10.5 Å². The maximum Gasteiger partial charge on any atom is 0.349 e. The summed E-state index contributed by atoms with van der Waals surface area (Å²) in [6.07, 6.45) is 0.757. The Morgan fingerprint density at radius 3 is 2.45 bits per heavy atom. The number of benzene rings is 1.